The Morgan fingerprint density at radius 2 is 1.95 bits per heavy atom. The number of fused-ring (bicyclic) bond motifs is 1. The third-order valence-corrected chi connectivity index (χ3v) is 3.58. The Morgan fingerprint density at radius 1 is 1.19 bits per heavy atom. The number of carboxylic acid groups (broad SMARTS) is 1. The van der Waals surface area contributed by atoms with Gasteiger partial charge in [0.1, 0.15) is 5.69 Å². The number of aromatic nitrogens is 1. The van der Waals surface area contributed by atoms with E-state index in [-0.39, 0.29) is 5.69 Å². The van der Waals surface area contributed by atoms with Gasteiger partial charge >= 0.3 is 5.97 Å². The smallest absolute Gasteiger partial charge is 0.352 e. The molecule has 5 N–H and O–H groups in total. The van der Waals surface area contributed by atoms with Crippen LogP contribution in [0, 0.1) is 6.92 Å². The number of aromatic carboxylic acids is 1. The summed E-state index contributed by atoms with van der Waals surface area (Å²) in [4.78, 5) is 14.5. The van der Waals surface area contributed by atoms with Gasteiger partial charge in [-0.3, -0.25) is 0 Å². The number of H-pyrrole nitrogens is 1. The van der Waals surface area contributed by atoms with E-state index in [1.54, 1.807) is 18.2 Å². The second-order valence-electron chi connectivity index (χ2n) is 4.93. The first-order chi connectivity index (χ1) is 10.1. The first-order valence-electron chi connectivity index (χ1n) is 6.54. The van der Waals surface area contributed by atoms with Gasteiger partial charge < -0.3 is 10.1 Å². The van der Waals surface area contributed by atoms with Crippen molar-refractivity contribution in [2.45, 2.75) is 6.92 Å². The Hall–Kier alpha value is -2.63. The van der Waals surface area contributed by atoms with E-state index in [0.29, 0.717) is 11.3 Å². The number of hydrogen-bond donors (Lipinski definition) is 4. The van der Waals surface area contributed by atoms with Crippen LogP contribution in [-0.2, 0) is 0 Å². The van der Waals surface area contributed by atoms with Gasteiger partial charge in [0.15, 0.2) is 5.69 Å². The Bertz CT molecular complexity index is 837. The lowest BCUT2D eigenvalue weighted by Gasteiger charge is -2.03. The highest BCUT2D eigenvalue weighted by Crippen LogP contribution is 2.34. The van der Waals surface area contributed by atoms with Crippen LogP contribution in [0.1, 0.15) is 16.1 Å². The van der Waals surface area contributed by atoms with Crippen LogP contribution < -0.4 is 5.48 Å². The van der Waals surface area contributed by atoms with Gasteiger partial charge in [0, 0.05) is 28.6 Å². The highest BCUT2D eigenvalue weighted by Gasteiger charge is 2.19. The summed E-state index contributed by atoms with van der Waals surface area (Å²) in [6.07, 6.45) is 0. The fourth-order valence-corrected chi connectivity index (χ4v) is 2.60. The van der Waals surface area contributed by atoms with Crippen molar-refractivity contribution in [2.75, 3.05) is 0 Å². The van der Waals surface area contributed by atoms with Crippen molar-refractivity contribution in [3.8, 4) is 11.1 Å². The maximum atomic E-state index is 11.5. The molecule has 2 aromatic carbocycles. The van der Waals surface area contributed by atoms with Crippen molar-refractivity contribution in [1.29, 1.82) is 0 Å². The first-order valence-corrected chi connectivity index (χ1v) is 6.54. The predicted molar refractivity (Wildman–Crippen MR) is 78.8 cm³/mol. The van der Waals surface area contributed by atoms with Crippen LogP contribution in [0.3, 0.4) is 0 Å². The molecular weight excluding hydrogens is 268 g/mol. The van der Waals surface area contributed by atoms with Gasteiger partial charge in [0.2, 0.25) is 0 Å². The quantitative estimate of drug-likeness (QED) is 0.439. The number of nitrogens with one attached hydrogen (secondary N) is 1. The minimum atomic E-state index is -1.00. The predicted octanol–water partition coefficient (Wildman–Crippen LogP) is 2.43. The van der Waals surface area contributed by atoms with Crippen LogP contribution in [-0.4, -0.2) is 21.3 Å². The van der Waals surface area contributed by atoms with Gasteiger partial charge in [0.25, 0.3) is 0 Å². The molecule has 0 aliphatic rings. The van der Waals surface area contributed by atoms with Gasteiger partial charge in [-0.2, -0.15) is 5.48 Å². The molecule has 5 heteroatoms. The van der Waals surface area contributed by atoms with Gasteiger partial charge in [0.05, 0.1) is 0 Å². The molecule has 0 saturated carbocycles. The summed E-state index contributed by atoms with van der Waals surface area (Å²) in [7, 11) is 0. The highest BCUT2D eigenvalue weighted by atomic mass is 16.5. The number of rotatable bonds is 3. The summed E-state index contributed by atoms with van der Waals surface area (Å²) in [6.45, 7) is 1.94. The second kappa shape index (κ2) is 5.05. The molecule has 21 heavy (non-hydrogen) atoms. The Balaban J connectivity index is 2.36. The number of benzene rings is 2. The van der Waals surface area contributed by atoms with Crippen molar-refractivity contribution in [1.82, 2.24) is 4.98 Å². The standard InChI is InChI=1S/C16H14N2O3/c1-9-4-2-7-12-13(15(16(19)20)17-14(9)12)10-5-3-6-11(8-10)18-21/h2-8,17-18,21H,1H3,(H,19,20)/p+1. The van der Waals surface area contributed by atoms with Crippen LogP contribution in [0.4, 0.5) is 5.69 Å². The lowest BCUT2D eigenvalue weighted by molar-refractivity contribution is -0.825. The highest BCUT2D eigenvalue weighted by molar-refractivity contribution is 6.08. The molecule has 0 fully saturated rings. The lowest BCUT2D eigenvalue weighted by Crippen LogP contribution is -2.73. The topological polar surface area (TPSA) is 89.9 Å². The molecule has 0 saturated heterocycles. The molecule has 5 nitrogen and oxygen atoms in total. The number of hydrogen-bond acceptors (Lipinski definition) is 2. The third kappa shape index (κ3) is 2.18. The number of carboxylic acids is 1. The normalized spacial score (nSPS) is 11.0. The van der Waals surface area contributed by atoms with Crippen LogP contribution >= 0.6 is 0 Å². The second-order valence-corrected chi connectivity index (χ2v) is 4.93. The van der Waals surface area contributed by atoms with E-state index < -0.39 is 5.97 Å². The summed E-state index contributed by atoms with van der Waals surface area (Å²) >= 11 is 0. The van der Waals surface area contributed by atoms with Crippen molar-refractivity contribution in [2.24, 2.45) is 0 Å². The molecule has 0 aliphatic heterocycles. The fraction of sp³-hybridized carbons (Fsp3) is 0.0625. The zero-order valence-electron chi connectivity index (χ0n) is 11.4. The number of para-hydroxylation sites is 1. The van der Waals surface area contributed by atoms with Gasteiger partial charge in [-0.1, -0.05) is 30.3 Å². The van der Waals surface area contributed by atoms with E-state index in [0.717, 1.165) is 27.5 Å². The molecule has 0 radical (unpaired) electrons. The number of aryl methyl sites for hydroxylation is 1. The van der Waals surface area contributed by atoms with Crippen molar-refractivity contribution in [3.05, 3.63) is 53.7 Å². The average molecular weight is 283 g/mol. The van der Waals surface area contributed by atoms with Crippen molar-refractivity contribution in [3.63, 3.8) is 0 Å². The van der Waals surface area contributed by atoms with Gasteiger partial charge in [-0.15, -0.1) is 0 Å². The minimum absolute atomic E-state index is 0.161. The molecule has 0 atom stereocenters. The summed E-state index contributed by atoms with van der Waals surface area (Å²) in [5.74, 6) is -1.00. The number of aromatic amines is 1. The number of carbonyl (C=O) groups is 1. The van der Waals surface area contributed by atoms with Crippen LogP contribution in [0.5, 0.6) is 0 Å². The third-order valence-electron chi connectivity index (χ3n) is 3.58. The van der Waals surface area contributed by atoms with E-state index in [1.807, 2.05) is 31.2 Å². The Kier molecular flexibility index (Phi) is 3.21. The number of quaternary nitrogens is 1. The molecule has 0 unspecified atom stereocenters. The Labute approximate surface area is 120 Å². The zero-order valence-corrected chi connectivity index (χ0v) is 11.4. The maximum absolute atomic E-state index is 11.5. The van der Waals surface area contributed by atoms with E-state index in [1.165, 1.54) is 0 Å². The molecular formula is C16H15N2O3+. The molecule has 0 aliphatic carbocycles. The monoisotopic (exact) mass is 283 g/mol. The lowest BCUT2D eigenvalue weighted by atomic mass is 10.0. The molecule has 1 heterocycles. The molecule has 3 aromatic rings. The van der Waals surface area contributed by atoms with Crippen LogP contribution in [0.2, 0.25) is 0 Å². The summed E-state index contributed by atoms with van der Waals surface area (Å²) in [5, 5.41) is 19.5. The van der Waals surface area contributed by atoms with E-state index in [2.05, 4.69) is 4.98 Å². The van der Waals surface area contributed by atoms with Crippen LogP contribution in [0.25, 0.3) is 22.0 Å². The molecule has 1 aromatic heterocycles. The molecule has 0 amide bonds. The minimum Gasteiger partial charge on any atom is -0.477 e. The molecule has 0 bridgehead atoms. The molecule has 106 valence electrons. The van der Waals surface area contributed by atoms with Gasteiger partial charge in [-0.25, -0.2) is 10.0 Å². The Morgan fingerprint density at radius 3 is 2.67 bits per heavy atom. The SMILES string of the molecule is Cc1cccc2c(-c3cccc([NH2+]O)c3)c(C(=O)O)[nH]c12. The summed E-state index contributed by atoms with van der Waals surface area (Å²) in [5.41, 5.74) is 5.01. The van der Waals surface area contributed by atoms with E-state index in [9.17, 15) is 9.90 Å². The van der Waals surface area contributed by atoms with Crippen molar-refractivity contribution < 1.29 is 20.6 Å². The van der Waals surface area contributed by atoms with E-state index in [4.69, 9.17) is 5.21 Å². The summed E-state index contributed by atoms with van der Waals surface area (Å²) in [6, 6.07) is 12.9. The fourth-order valence-electron chi connectivity index (χ4n) is 2.60. The van der Waals surface area contributed by atoms with E-state index >= 15 is 0 Å². The number of nitrogens with two attached hydrogens (primary N) is 1. The maximum Gasteiger partial charge on any atom is 0.352 e. The molecule has 0 spiro atoms. The summed E-state index contributed by atoms with van der Waals surface area (Å²) < 4.78 is 0. The largest absolute Gasteiger partial charge is 0.477 e. The molecule has 3 rings (SSSR count). The first kappa shape index (κ1) is 13.4. The van der Waals surface area contributed by atoms with Crippen molar-refractivity contribution >= 4 is 22.6 Å². The average Bonchev–Trinajstić information content (AvgIpc) is 2.88. The van der Waals surface area contributed by atoms with Gasteiger partial charge in [-0.05, 0) is 18.1 Å². The van der Waals surface area contributed by atoms with Crippen LogP contribution in [0.15, 0.2) is 42.5 Å². The zero-order chi connectivity index (χ0) is 15.0.